The van der Waals surface area contributed by atoms with Crippen molar-refractivity contribution in [3.05, 3.63) is 0 Å². The maximum atomic E-state index is 12.4. The highest BCUT2D eigenvalue weighted by atomic mass is 16.1. The summed E-state index contributed by atoms with van der Waals surface area (Å²) in [5.41, 5.74) is 0. The smallest absolute Gasteiger partial charge is 0.223 e. The summed E-state index contributed by atoms with van der Waals surface area (Å²) in [6.45, 7) is 3.26. The molecule has 2 atom stereocenters. The second-order valence-electron chi connectivity index (χ2n) is 6.40. The van der Waals surface area contributed by atoms with Crippen LogP contribution in [0.5, 0.6) is 0 Å². The lowest BCUT2D eigenvalue weighted by molar-refractivity contribution is -0.126. The van der Waals surface area contributed by atoms with Crippen molar-refractivity contribution in [1.29, 1.82) is 0 Å². The molecule has 0 bridgehead atoms. The van der Waals surface area contributed by atoms with Crippen molar-refractivity contribution in [3.8, 4) is 0 Å². The van der Waals surface area contributed by atoms with E-state index >= 15 is 0 Å². The van der Waals surface area contributed by atoms with E-state index in [2.05, 4.69) is 17.6 Å². The Bertz CT molecular complexity index is 266. The predicted molar refractivity (Wildman–Crippen MR) is 79.1 cm³/mol. The van der Waals surface area contributed by atoms with Crippen molar-refractivity contribution in [2.75, 3.05) is 6.54 Å². The summed E-state index contributed by atoms with van der Waals surface area (Å²) in [4.78, 5) is 12.4. The number of carbonyl (C=O) groups is 1. The molecule has 1 amide bonds. The largest absolute Gasteiger partial charge is 0.352 e. The van der Waals surface area contributed by atoms with Crippen LogP contribution in [0.25, 0.3) is 0 Å². The third-order valence-corrected chi connectivity index (χ3v) is 4.80. The molecule has 0 aromatic heterocycles. The van der Waals surface area contributed by atoms with Gasteiger partial charge in [0.15, 0.2) is 0 Å². The highest BCUT2D eigenvalue weighted by Crippen LogP contribution is 2.22. The topological polar surface area (TPSA) is 41.1 Å². The normalized spacial score (nSPS) is 28.2. The molecule has 0 spiro atoms. The van der Waals surface area contributed by atoms with E-state index in [4.69, 9.17) is 0 Å². The first-order valence-electron chi connectivity index (χ1n) is 8.31. The molecule has 2 N–H and O–H groups in total. The minimum atomic E-state index is 0.270. The molecule has 110 valence electrons. The van der Waals surface area contributed by atoms with E-state index in [-0.39, 0.29) is 12.0 Å². The van der Waals surface area contributed by atoms with E-state index in [1.165, 1.54) is 51.4 Å². The third-order valence-electron chi connectivity index (χ3n) is 4.80. The molecule has 0 radical (unpaired) electrons. The average Bonchev–Trinajstić information content (AvgIpc) is 2.39. The molecular weight excluding hydrogens is 236 g/mol. The minimum absolute atomic E-state index is 0.270. The Morgan fingerprint density at radius 2 is 1.63 bits per heavy atom. The van der Waals surface area contributed by atoms with Crippen LogP contribution in [0.4, 0.5) is 0 Å². The first-order valence-corrected chi connectivity index (χ1v) is 8.31. The Morgan fingerprint density at radius 1 is 1.00 bits per heavy atom. The zero-order valence-corrected chi connectivity index (χ0v) is 12.4. The van der Waals surface area contributed by atoms with Crippen LogP contribution in [-0.2, 0) is 4.79 Å². The summed E-state index contributed by atoms with van der Waals surface area (Å²) >= 11 is 0. The molecule has 1 aliphatic carbocycles. The fourth-order valence-corrected chi connectivity index (χ4v) is 3.47. The zero-order chi connectivity index (χ0) is 13.5. The van der Waals surface area contributed by atoms with Crippen molar-refractivity contribution in [2.45, 2.75) is 83.2 Å². The molecule has 2 fully saturated rings. The van der Waals surface area contributed by atoms with Crippen LogP contribution < -0.4 is 10.6 Å². The van der Waals surface area contributed by atoms with Gasteiger partial charge in [-0.2, -0.15) is 0 Å². The van der Waals surface area contributed by atoms with E-state index in [1.807, 2.05) is 0 Å². The maximum absolute atomic E-state index is 12.4. The summed E-state index contributed by atoms with van der Waals surface area (Å²) < 4.78 is 0. The molecule has 19 heavy (non-hydrogen) atoms. The standard InChI is InChI=1S/C16H30N2O/c1-13(15-11-7-8-12-17-15)18-16(19)14-9-5-3-2-4-6-10-14/h13-15,17H,2-12H2,1H3,(H,18,19). The van der Waals surface area contributed by atoms with E-state index in [1.54, 1.807) is 0 Å². The van der Waals surface area contributed by atoms with Crippen LogP contribution in [-0.4, -0.2) is 24.5 Å². The van der Waals surface area contributed by atoms with Crippen molar-refractivity contribution >= 4 is 5.91 Å². The van der Waals surface area contributed by atoms with Crippen LogP contribution in [0, 0.1) is 5.92 Å². The second-order valence-corrected chi connectivity index (χ2v) is 6.40. The van der Waals surface area contributed by atoms with Crippen LogP contribution in [0.3, 0.4) is 0 Å². The van der Waals surface area contributed by atoms with Crippen LogP contribution in [0.2, 0.25) is 0 Å². The molecule has 0 aromatic carbocycles. The van der Waals surface area contributed by atoms with Gasteiger partial charge < -0.3 is 10.6 Å². The summed E-state index contributed by atoms with van der Waals surface area (Å²) in [7, 11) is 0. The molecule has 3 nitrogen and oxygen atoms in total. The SMILES string of the molecule is CC(NC(=O)C1CCCCCCC1)C1CCCCN1. The van der Waals surface area contributed by atoms with Gasteiger partial charge in [0.2, 0.25) is 5.91 Å². The fraction of sp³-hybridized carbons (Fsp3) is 0.938. The van der Waals surface area contributed by atoms with Gasteiger partial charge in [-0.25, -0.2) is 0 Å². The van der Waals surface area contributed by atoms with Gasteiger partial charge in [0.25, 0.3) is 0 Å². The van der Waals surface area contributed by atoms with Gasteiger partial charge in [0.1, 0.15) is 0 Å². The van der Waals surface area contributed by atoms with Gasteiger partial charge in [0, 0.05) is 18.0 Å². The summed E-state index contributed by atoms with van der Waals surface area (Å²) in [6, 6.07) is 0.754. The van der Waals surface area contributed by atoms with E-state index in [0.29, 0.717) is 11.9 Å². The van der Waals surface area contributed by atoms with Gasteiger partial charge in [-0.3, -0.25) is 4.79 Å². The number of nitrogens with one attached hydrogen (secondary N) is 2. The fourth-order valence-electron chi connectivity index (χ4n) is 3.47. The van der Waals surface area contributed by atoms with Crippen LogP contribution >= 0.6 is 0 Å². The summed E-state index contributed by atoms with van der Waals surface area (Å²) in [5.74, 6) is 0.577. The van der Waals surface area contributed by atoms with Gasteiger partial charge in [-0.05, 0) is 39.2 Å². The number of piperidine rings is 1. The lowest BCUT2D eigenvalue weighted by atomic mass is 9.90. The molecule has 2 unspecified atom stereocenters. The Balaban J connectivity index is 1.77. The quantitative estimate of drug-likeness (QED) is 0.824. The Labute approximate surface area is 117 Å². The van der Waals surface area contributed by atoms with Gasteiger partial charge in [0.05, 0.1) is 0 Å². The third kappa shape index (κ3) is 4.79. The molecule has 0 aromatic rings. The highest BCUT2D eigenvalue weighted by Gasteiger charge is 2.25. The Kier molecular flexibility index (Phi) is 6.15. The average molecular weight is 266 g/mol. The summed E-state index contributed by atoms with van der Waals surface area (Å²) in [5, 5.41) is 6.80. The molecule has 1 saturated heterocycles. The van der Waals surface area contributed by atoms with E-state index < -0.39 is 0 Å². The first kappa shape index (κ1) is 14.8. The Morgan fingerprint density at radius 3 is 2.26 bits per heavy atom. The van der Waals surface area contributed by atoms with E-state index in [9.17, 15) is 4.79 Å². The van der Waals surface area contributed by atoms with Gasteiger partial charge in [-0.1, -0.05) is 38.5 Å². The number of rotatable bonds is 3. The van der Waals surface area contributed by atoms with Gasteiger partial charge in [-0.15, -0.1) is 0 Å². The van der Waals surface area contributed by atoms with Crippen molar-refractivity contribution in [1.82, 2.24) is 10.6 Å². The lowest BCUT2D eigenvalue weighted by Crippen LogP contribution is -2.51. The molecular formula is C16H30N2O. The number of amides is 1. The molecule has 2 aliphatic rings. The number of carbonyl (C=O) groups excluding carboxylic acids is 1. The lowest BCUT2D eigenvalue weighted by Gasteiger charge is -2.31. The predicted octanol–water partition coefficient (Wildman–Crippen LogP) is 2.99. The maximum Gasteiger partial charge on any atom is 0.223 e. The molecule has 1 heterocycles. The minimum Gasteiger partial charge on any atom is -0.352 e. The van der Waals surface area contributed by atoms with Crippen LogP contribution in [0.15, 0.2) is 0 Å². The number of hydrogen-bond acceptors (Lipinski definition) is 2. The molecule has 1 aliphatic heterocycles. The van der Waals surface area contributed by atoms with Crippen molar-refractivity contribution < 1.29 is 4.79 Å². The first-order chi connectivity index (χ1) is 9.27. The molecule has 2 rings (SSSR count). The summed E-state index contributed by atoms with van der Waals surface area (Å²) in [6.07, 6.45) is 12.4. The zero-order valence-electron chi connectivity index (χ0n) is 12.4. The van der Waals surface area contributed by atoms with E-state index in [0.717, 1.165) is 19.4 Å². The number of hydrogen-bond donors (Lipinski definition) is 2. The van der Waals surface area contributed by atoms with Gasteiger partial charge >= 0.3 is 0 Å². The van der Waals surface area contributed by atoms with Crippen molar-refractivity contribution in [2.24, 2.45) is 5.92 Å². The second kappa shape index (κ2) is 7.88. The van der Waals surface area contributed by atoms with Crippen LogP contribution in [0.1, 0.15) is 71.1 Å². The molecule has 3 heteroatoms. The van der Waals surface area contributed by atoms with Crippen molar-refractivity contribution in [3.63, 3.8) is 0 Å². The molecule has 1 saturated carbocycles. The Hall–Kier alpha value is -0.570. The highest BCUT2D eigenvalue weighted by molar-refractivity contribution is 5.78. The monoisotopic (exact) mass is 266 g/mol.